The van der Waals surface area contributed by atoms with Gasteiger partial charge in [0.1, 0.15) is 0 Å². The molecule has 1 unspecified atom stereocenters. The highest BCUT2D eigenvalue weighted by molar-refractivity contribution is 7.89. The lowest BCUT2D eigenvalue weighted by Crippen LogP contribution is -2.37. The molecule has 1 fully saturated rings. The molecular formula is C31H38ClN3O3S. The van der Waals surface area contributed by atoms with Gasteiger partial charge in [-0.1, -0.05) is 61.0 Å². The van der Waals surface area contributed by atoms with Crippen LogP contribution in [0.25, 0.3) is 0 Å². The molecule has 6 nitrogen and oxygen atoms in total. The van der Waals surface area contributed by atoms with Gasteiger partial charge >= 0.3 is 0 Å². The largest absolute Gasteiger partial charge is 0.338 e. The number of amides is 1. The number of carbonyl (C=O) groups is 1. The molecule has 3 aromatic rings. The molecule has 1 aliphatic heterocycles. The molecule has 0 radical (unpaired) electrons. The van der Waals surface area contributed by atoms with Crippen LogP contribution in [-0.4, -0.2) is 61.2 Å². The molecule has 1 amide bonds. The van der Waals surface area contributed by atoms with Gasteiger partial charge in [0.25, 0.3) is 5.91 Å². The molecular weight excluding hydrogens is 530 g/mol. The lowest BCUT2D eigenvalue weighted by atomic mass is 10.0. The molecule has 0 aliphatic carbocycles. The van der Waals surface area contributed by atoms with Gasteiger partial charge in [-0.2, -0.15) is 4.31 Å². The number of sulfonamides is 1. The summed E-state index contributed by atoms with van der Waals surface area (Å²) < 4.78 is 29.4. The fourth-order valence-electron chi connectivity index (χ4n) is 5.17. The zero-order valence-electron chi connectivity index (χ0n) is 22.8. The molecule has 0 N–H and O–H groups in total. The molecule has 1 atom stereocenters. The van der Waals surface area contributed by atoms with Crippen molar-refractivity contribution >= 4 is 27.5 Å². The van der Waals surface area contributed by atoms with Gasteiger partial charge in [-0.15, -0.1) is 0 Å². The summed E-state index contributed by atoms with van der Waals surface area (Å²) in [7, 11) is -3.84. The maximum absolute atomic E-state index is 13.9. The number of hydrogen-bond donors (Lipinski definition) is 0. The van der Waals surface area contributed by atoms with E-state index in [2.05, 4.69) is 4.90 Å². The highest BCUT2D eigenvalue weighted by atomic mass is 35.5. The van der Waals surface area contributed by atoms with Gasteiger partial charge in [-0.05, 0) is 86.8 Å². The third-order valence-electron chi connectivity index (χ3n) is 7.43. The Bertz CT molecular complexity index is 1310. The first-order valence-electron chi connectivity index (χ1n) is 13.8. The van der Waals surface area contributed by atoms with E-state index >= 15 is 0 Å². The Kier molecular flexibility index (Phi) is 10.2. The van der Waals surface area contributed by atoms with Gasteiger partial charge in [-0.25, -0.2) is 8.42 Å². The summed E-state index contributed by atoms with van der Waals surface area (Å²) in [6, 6.07) is 23.0. The highest BCUT2D eigenvalue weighted by Crippen LogP contribution is 2.32. The summed E-state index contributed by atoms with van der Waals surface area (Å²) in [5.74, 6) is 0.00427. The van der Waals surface area contributed by atoms with Crippen molar-refractivity contribution in [1.82, 2.24) is 14.1 Å². The maximum atomic E-state index is 13.9. The number of carbonyl (C=O) groups excluding carboxylic acids is 1. The van der Waals surface area contributed by atoms with Crippen molar-refractivity contribution in [2.75, 3.05) is 32.7 Å². The third kappa shape index (κ3) is 7.28. The van der Waals surface area contributed by atoms with Crippen molar-refractivity contribution in [1.29, 1.82) is 0 Å². The minimum atomic E-state index is -3.84. The van der Waals surface area contributed by atoms with Crippen molar-refractivity contribution < 1.29 is 13.2 Å². The van der Waals surface area contributed by atoms with E-state index in [0.29, 0.717) is 30.1 Å². The zero-order valence-corrected chi connectivity index (χ0v) is 24.4. The van der Waals surface area contributed by atoms with Gasteiger partial charge < -0.3 is 9.80 Å². The number of nitrogens with zero attached hydrogens (tertiary/aromatic N) is 3. The van der Waals surface area contributed by atoms with E-state index in [1.807, 2.05) is 73.3 Å². The predicted molar refractivity (Wildman–Crippen MR) is 157 cm³/mol. The Morgan fingerprint density at radius 2 is 1.56 bits per heavy atom. The molecule has 0 saturated carbocycles. The van der Waals surface area contributed by atoms with Gasteiger partial charge in [0.05, 0.1) is 10.9 Å². The monoisotopic (exact) mass is 567 g/mol. The molecule has 1 aliphatic rings. The lowest BCUT2D eigenvalue weighted by Gasteiger charge is -2.31. The van der Waals surface area contributed by atoms with Crippen molar-refractivity contribution in [3.63, 3.8) is 0 Å². The second-order valence-electron chi connectivity index (χ2n) is 9.97. The standard InChI is InChI=1S/C31H38ClN3O3S/c1-3-30(26-10-6-5-7-11-26)35(39(37,38)29-18-16-28(32)17-19-29)24-25-12-14-27(15-13-25)31(36)34(4-2)23-22-33-20-8-9-21-33/h5-7,10-19,30H,3-4,8-9,20-24H2,1-2H3. The topological polar surface area (TPSA) is 60.9 Å². The van der Waals surface area contributed by atoms with E-state index < -0.39 is 10.0 Å². The van der Waals surface area contributed by atoms with Gasteiger partial charge in [-0.3, -0.25) is 4.79 Å². The number of halogens is 1. The van der Waals surface area contributed by atoms with Crippen LogP contribution in [0, 0.1) is 0 Å². The first-order chi connectivity index (χ1) is 18.8. The van der Waals surface area contributed by atoms with Crippen LogP contribution in [0.3, 0.4) is 0 Å². The lowest BCUT2D eigenvalue weighted by molar-refractivity contribution is 0.0749. The summed E-state index contributed by atoms with van der Waals surface area (Å²) in [5, 5.41) is 0.484. The second kappa shape index (κ2) is 13.6. The Balaban J connectivity index is 1.57. The predicted octanol–water partition coefficient (Wildman–Crippen LogP) is 6.24. The third-order valence-corrected chi connectivity index (χ3v) is 9.55. The van der Waals surface area contributed by atoms with Crippen LogP contribution in [0.1, 0.15) is 60.6 Å². The van der Waals surface area contributed by atoms with Crippen molar-refractivity contribution in [3.8, 4) is 0 Å². The van der Waals surface area contributed by atoms with E-state index in [0.717, 1.165) is 30.8 Å². The van der Waals surface area contributed by atoms with Crippen LogP contribution in [0.4, 0.5) is 0 Å². The molecule has 39 heavy (non-hydrogen) atoms. The molecule has 8 heteroatoms. The average molecular weight is 568 g/mol. The number of benzene rings is 3. The number of likely N-dealkylation sites (N-methyl/N-ethyl adjacent to an activating group) is 1. The van der Waals surface area contributed by atoms with E-state index in [1.165, 1.54) is 12.8 Å². The average Bonchev–Trinajstić information content (AvgIpc) is 3.48. The molecule has 1 heterocycles. The van der Waals surface area contributed by atoms with Crippen LogP contribution in [0.15, 0.2) is 83.8 Å². The Morgan fingerprint density at radius 3 is 2.15 bits per heavy atom. The van der Waals surface area contributed by atoms with E-state index in [4.69, 9.17) is 11.6 Å². The van der Waals surface area contributed by atoms with Crippen LogP contribution in [-0.2, 0) is 16.6 Å². The molecule has 1 saturated heterocycles. The fraction of sp³-hybridized carbons (Fsp3) is 0.387. The Labute approximate surface area is 238 Å². The van der Waals surface area contributed by atoms with Gasteiger partial charge in [0.15, 0.2) is 0 Å². The minimum absolute atomic E-state index is 0.00427. The van der Waals surface area contributed by atoms with Crippen molar-refractivity contribution in [2.45, 2.75) is 50.6 Å². The van der Waals surface area contributed by atoms with Gasteiger partial charge in [0, 0.05) is 36.8 Å². The Morgan fingerprint density at radius 1 is 0.923 bits per heavy atom. The van der Waals surface area contributed by atoms with E-state index in [-0.39, 0.29) is 23.4 Å². The fourth-order valence-corrected chi connectivity index (χ4v) is 6.97. The summed E-state index contributed by atoms with van der Waals surface area (Å²) in [5.41, 5.74) is 2.36. The molecule has 0 aromatic heterocycles. The number of hydrogen-bond acceptors (Lipinski definition) is 4. The summed E-state index contributed by atoms with van der Waals surface area (Å²) in [6.45, 7) is 8.65. The first kappa shape index (κ1) is 29.3. The van der Waals surface area contributed by atoms with E-state index in [1.54, 1.807) is 28.6 Å². The summed E-state index contributed by atoms with van der Waals surface area (Å²) in [4.78, 5) is 17.7. The maximum Gasteiger partial charge on any atom is 0.253 e. The van der Waals surface area contributed by atoms with Crippen molar-refractivity contribution in [2.24, 2.45) is 0 Å². The van der Waals surface area contributed by atoms with Crippen LogP contribution >= 0.6 is 11.6 Å². The number of likely N-dealkylation sites (tertiary alicyclic amines) is 1. The van der Waals surface area contributed by atoms with Gasteiger partial charge in [0.2, 0.25) is 10.0 Å². The first-order valence-corrected chi connectivity index (χ1v) is 15.6. The zero-order chi connectivity index (χ0) is 27.8. The molecule has 208 valence electrons. The molecule has 4 rings (SSSR count). The van der Waals surface area contributed by atoms with Crippen molar-refractivity contribution in [3.05, 3.63) is 101 Å². The molecule has 0 spiro atoms. The summed E-state index contributed by atoms with van der Waals surface area (Å²) >= 11 is 6.04. The Hall–Kier alpha value is -2.71. The number of rotatable bonds is 12. The highest BCUT2D eigenvalue weighted by Gasteiger charge is 2.32. The smallest absolute Gasteiger partial charge is 0.253 e. The van der Waals surface area contributed by atoms with E-state index in [9.17, 15) is 13.2 Å². The van der Waals surface area contributed by atoms with Crippen LogP contribution in [0.5, 0.6) is 0 Å². The molecule has 0 bridgehead atoms. The minimum Gasteiger partial charge on any atom is -0.338 e. The normalized spacial score (nSPS) is 15.0. The van der Waals surface area contributed by atoms with Crippen LogP contribution in [0.2, 0.25) is 5.02 Å². The van der Waals surface area contributed by atoms with Crippen LogP contribution < -0.4 is 0 Å². The SMILES string of the molecule is CCC(c1ccccc1)N(Cc1ccc(C(=O)N(CC)CCN2CCCC2)cc1)S(=O)(=O)c1ccc(Cl)cc1. The second-order valence-corrected chi connectivity index (χ2v) is 12.3. The quantitative estimate of drug-likeness (QED) is 0.260. The molecule has 3 aromatic carbocycles. The summed E-state index contributed by atoms with van der Waals surface area (Å²) in [6.07, 6.45) is 3.07.